The molecule has 1 aliphatic carbocycles. The van der Waals surface area contributed by atoms with Crippen LogP contribution in [-0.4, -0.2) is 37.6 Å². The van der Waals surface area contributed by atoms with Gasteiger partial charge in [0.15, 0.2) is 0 Å². The van der Waals surface area contributed by atoms with Crippen LogP contribution >= 0.6 is 0 Å². The van der Waals surface area contributed by atoms with Gasteiger partial charge in [-0.1, -0.05) is 43.5 Å². The maximum Gasteiger partial charge on any atom is 0.0108 e. The Bertz CT molecular complexity index is 429. The van der Waals surface area contributed by atoms with Crippen molar-refractivity contribution in [3.63, 3.8) is 0 Å². The normalized spacial score (nSPS) is 23.6. The van der Waals surface area contributed by atoms with Crippen molar-refractivity contribution < 1.29 is 0 Å². The summed E-state index contributed by atoms with van der Waals surface area (Å²) in [6, 6.07) is 9.10. The van der Waals surface area contributed by atoms with Gasteiger partial charge in [0.1, 0.15) is 0 Å². The molecule has 1 saturated heterocycles. The Balaban J connectivity index is 1.85. The van der Waals surface area contributed by atoms with Crippen molar-refractivity contribution in [2.75, 3.05) is 32.7 Å². The molecule has 1 aromatic carbocycles. The Hall–Kier alpha value is -0.860. The second-order valence-electron chi connectivity index (χ2n) is 6.68. The van der Waals surface area contributed by atoms with Gasteiger partial charge in [-0.2, -0.15) is 0 Å². The molecule has 2 heteroatoms. The van der Waals surface area contributed by atoms with Gasteiger partial charge in [-0.3, -0.25) is 4.90 Å². The molecule has 2 aliphatic rings. The van der Waals surface area contributed by atoms with Crippen LogP contribution in [0.2, 0.25) is 0 Å². The first-order chi connectivity index (χ1) is 9.80. The largest absolute Gasteiger partial charge is 0.314 e. The van der Waals surface area contributed by atoms with Gasteiger partial charge in [-0.15, -0.1) is 0 Å². The smallest absolute Gasteiger partial charge is 0.0108 e. The van der Waals surface area contributed by atoms with E-state index >= 15 is 0 Å². The molecule has 0 unspecified atom stereocenters. The van der Waals surface area contributed by atoms with Crippen LogP contribution < -0.4 is 5.32 Å². The summed E-state index contributed by atoms with van der Waals surface area (Å²) in [4.78, 5) is 2.69. The van der Waals surface area contributed by atoms with E-state index in [2.05, 4.69) is 41.4 Å². The molecule has 0 atom stereocenters. The molecule has 0 bridgehead atoms. The van der Waals surface area contributed by atoms with Gasteiger partial charge in [0.2, 0.25) is 0 Å². The summed E-state index contributed by atoms with van der Waals surface area (Å²) >= 11 is 0. The second-order valence-corrected chi connectivity index (χ2v) is 6.68. The van der Waals surface area contributed by atoms with Crippen molar-refractivity contribution in [3.05, 3.63) is 35.4 Å². The molecule has 0 amide bonds. The molecule has 0 aromatic heterocycles. The average Bonchev–Trinajstić information content (AvgIpc) is 2.49. The maximum absolute atomic E-state index is 3.47. The summed E-state index contributed by atoms with van der Waals surface area (Å²) < 4.78 is 0. The maximum atomic E-state index is 3.47. The fourth-order valence-electron chi connectivity index (χ4n) is 4.21. The van der Waals surface area contributed by atoms with E-state index in [-0.39, 0.29) is 0 Å². The molecule has 3 rings (SSSR count). The van der Waals surface area contributed by atoms with E-state index in [0.29, 0.717) is 5.41 Å². The van der Waals surface area contributed by atoms with Crippen LogP contribution in [0.1, 0.15) is 43.2 Å². The molecule has 1 saturated carbocycles. The number of hydrogen-bond donors (Lipinski definition) is 1. The minimum absolute atomic E-state index is 0.418. The van der Waals surface area contributed by atoms with E-state index in [1.54, 1.807) is 5.56 Å². The van der Waals surface area contributed by atoms with Crippen molar-refractivity contribution in [1.82, 2.24) is 10.2 Å². The zero-order valence-corrected chi connectivity index (χ0v) is 12.8. The Kier molecular flexibility index (Phi) is 4.42. The van der Waals surface area contributed by atoms with Crippen LogP contribution in [0.25, 0.3) is 0 Å². The lowest BCUT2D eigenvalue weighted by molar-refractivity contribution is 0.153. The van der Waals surface area contributed by atoms with Gasteiger partial charge in [0.05, 0.1) is 0 Å². The molecule has 0 spiro atoms. The second kappa shape index (κ2) is 6.28. The molecule has 1 N–H and O–H groups in total. The summed E-state index contributed by atoms with van der Waals surface area (Å²) in [5.74, 6) is 0. The Morgan fingerprint density at radius 1 is 1.05 bits per heavy atom. The lowest BCUT2D eigenvalue weighted by Gasteiger charge is -2.43. The summed E-state index contributed by atoms with van der Waals surface area (Å²) in [5, 5.41) is 3.47. The summed E-state index contributed by atoms with van der Waals surface area (Å²) in [5.41, 5.74) is 3.53. The van der Waals surface area contributed by atoms with Crippen LogP contribution in [0.15, 0.2) is 24.3 Å². The molecular weight excluding hydrogens is 244 g/mol. The Morgan fingerprint density at radius 3 is 2.45 bits per heavy atom. The molecule has 1 aromatic rings. The predicted molar refractivity (Wildman–Crippen MR) is 85.3 cm³/mol. The first-order valence-corrected chi connectivity index (χ1v) is 8.29. The van der Waals surface area contributed by atoms with Gasteiger partial charge in [-0.05, 0) is 30.9 Å². The first-order valence-electron chi connectivity index (χ1n) is 8.29. The third-order valence-electron chi connectivity index (χ3n) is 5.26. The molecule has 1 heterocycles. The zero-order chi connectivity index (χ0) is 13.8. The standard InChI is InChI=1S/C18H28N2/c1-16-7-3-4-8-17(16)18(9-5-2-6-10-18)15-20-13-11-19-12-14-20/h3-4,7-8,19H,2,5-6,9-15H2,1H3. The molecular formula is C18H28N2. The number of rotatable bonds is 3. The molecule has 2 nitrogen and oxygen atoms in total. The Labute approximate surface area is 123 Å². The van der Waals surface area contributed by atoms with Crippen LogP contribution in [0, 0.1) is 6.92 Å². The van der Waals surface area contributed by atoms with Gasteiger partial charge in [-0.25, -0.2) is 0 Å². The van der Waals surface area contributed by atoms with Crippen molar-refractivity contribution in [3.8, 4) is 0 Å². The van der Waals surface area contributed by atoms with Crippen LogP contribution in [0.4, 0.5) is 0 Å². The monoisotopic (exact) mass is 272 g/mol. The van der Waals surface area contributed by atoms with Gasteiger partial charge >= 0.3 is 0 Å². The molecule has 1 aliphatic heterocycles. The van der Waals surface area contributed by atoms with Gasteiger partial charge in [0.25, 0.3) is 0 Å². The number of hydrogen-bond acceptors (Lipinski definition) is 2. The zero-order valence-electron chi connectivity index (χ0n) is 12.8. The SMILES string of the molecule is Cc1ccccc1C1(CN2CCNCC2)CCCCC1. The van der Waals surface area contributed by atoms with Crippen molar-refractivity contribution >= 4 is 0 Å². The first kappa shape index (κ1) is 14.1. The highest BCUT2D eigenvalue weighted by Crippen LogP contribution is 2.41. The van der Waals surface area contributed by atoms with Crippen LogP contribution in [-0.2, 0) is 5.41 Å². The highest BCUT2D eigenvalue weighted by atomic mass is 15.2. The third kappa shape index (κ3) is 2.91. The molecule has 2 fully saturated rings. The fraction of sp³-hybridized carbons (Fsp3) is 0.667. The van der Waals surface area contributed by atoms with Crippen molar-refractivity contribution in [2.45, 2.75) is 44.4 Å². The fourth-order valence-corrected chi connectivity index (χ4v) is 4.21. The quantitative estimate of drug-likeness (QED) is 0.909. The number of aryl methyl sites for hydroxylation is 1. The predicted octanol–water partition coefficient (Wildman–Crippen LogP) is 3.10. The summed E-state index contributed by atoms with van der Waals surface area (Å²) in [7, 11) is 0. The van der Waals surface area contributed by atoms with Crippen LogP contribution in [0.3, 0.4) is 0 Å². The van der Waals surface area contributed by atoms with Crippen molar-refractivity contribution in [1.29, 1.82) is 0 Å². The van der Waals surface area contributed by atoms with E-state index < -0.39 is 0 Å². The minimum atomic E-state index is 0.418. The van der Waals surface area contributed by atoms with Crippen molar-refractivity contribution in [2.24, 2.45) is 0 Å². The molecule has 110 valence electrons. The average molecular weight is 272 g/mol. The number of benzene rings is 1. The van der Waals surface area contributed by atoms with Gasteiger partial charge < -0.3 is 5.32 Å². The molecule has 20 heavy (non-hydrogen) atoms. The van der Waals surface area contributed by atoms with E-state index in [1.807, 2.05) is 0 Å². The number of nitrogens with one attached hydrogen (secondary N) is 1. The van der Waals surface area contributed by atoms with E-state index in [0.717, 1.165) is 13.1 Å². The number of piperazine rings is 1. The van der Waals surface area contributed by atoms with E-state index in [1.165, 1.54) is 57.3 Å². The highest BCUT2D eigenvalue weighted by molar-refractivity contribution is 5.34. The lowest BCUT2D eigenvalue weighted by Crippen LogP contribution is -2.50. The van der Waals surface area contributed by atoms with E-state index in [9.17, 15) is 0 Å². The lowest BCUT2D eigenvalue weighted by atomic mass is 9.68. The van der Waals surface area contributed by atoms with Gasteiger partial charge in [0, 0.05) is 38.1 Å². The number of nitrogens with zero attached hydrogens (tertiary/aromatic N) is 1. The molecule has 0 radical (unpaired) electrons. The van der Waals surface area contributed by atoms with Crippen LogP contribution in [0.5, 0.6) is 0 Å². The topological polar surface area (TPSA) is 15.3 Å². The summed E-state index contributed by atoms with van der Waals surface area (Å²) in [6.45, 7) is 8.30. The summed E-state index contributed by atoms with van der Waals surface area (Å²) in [6.07, 6.45) is 6.99. The Morgan fingerprint density at radius 2 is 1.75 bits per heavy atom. The van der Waals surface area contributed by atoms with E-state index in [4.69, 9.17) is 0 Å². The highest BCUT2D eigenvalue weighted by Gasteiger charge is 2.36. The minimum Gasteiger partial charge on any atom is -0.314 e. The third-order valence-corrected chi connectivity index (χ3v) is 5.26.